The number of anilines is 1. The standard InChI is InChI=1S/C39H48ClN3O5S/c1-5-6-17-39(45,22-32-19-27(4)15-18-41-32)34-12-9-30(34)23-43-24-38(16-7-8-28-20-31(40)11-13-33(28)38)25-48-36-14-10-29(21-35(36)43)37(44)42-49(46,47)26(2)3/h6,10-11,13-15,17-21,26,30,34,45H,5,7-9,12,16,22-25H2,1-4H3,(H,42,44)/b17-6+/t30-,34+,38-,39-/m0/s1. The van der Waals surface area contributed by atoms with Crippen molar-refractivity contribution in [2.45, 2.75) is 88.9 Å². The van der Waals surface area contributed by atoms with Gasteiger partial charge in [0.15, 0.2) is 0 Å². The molecule has 0 radical (unpaired) electrons. The normalized spacial score (nSPS) is 23.3. The molecule has 6 rings (SSSR count). The van der Waals surface area contributed by atoms with Crippen LogP contribution in [0.1, 0.15) is 85.6 Å². The molecule has 2 N–H and O–H groups in total. The summed E-state index contributed by atoms with van der Waals surface area (Å²) in [6.07, 6.45) is 11.8. The van der Waals surface area contributed by atoms with Crippen LogP contribution in [0, 0.1) is 18.8 Å². The SMILES string of the molecule is CC/C=C/[C@](O)(Cc1cc(C)ccn1)[C@@H]1CC[C@H]1CN1C[C@@]2(CCCc3cc(Cl)ccc32)COc2ccc(C(=O)NS(=O)(=O)C(C)C)cc21. The first-order valence-corrected chi connectivity index (χ1v) is 19.4. The smallest absolute Gasteiger partial charge is 0.264 e. The number of aryl methyl sites for hydroxylation is 2. The molecule has 2 heterocycles. The quantitative estimate of drug-likeness (QED) is 0.220. The number of hydrogen-bond acceptors (Lipinski definition) is 7. The largest absolute Gasteiger partial charge is 0.490 e. The molecule has 49 heavy (non-hydrogen) atoms. The van der Waals surface area contributed by atoms with Gasteiger partial charge in [-0.2, -0.15) is 0 Å². The lowest BCUT2D eigenvalue weighted by Gasteiger charge is -2.49. The Morgan fingerprint density at radius 3 is 2.73 bits per heavy atom. The number of carbonyl (C=O) groups is 1. The molecule has 1 amide bonds. The second-order valence-electron chi connectivity index (χ2n) is 14.6. The van der Waals surface area contributed by atoms with Gasteiger partial charge in [-0.05, 0) is 130 Å². The van der Waals surface area contributed by atoms with Crippen LogP contribution >= 0.6 is 11.6 Å². The summed E-state index contributed by atoms with van der Waals surface area (Å²) in [5.74, 6) is 0.147. The summed E-state index contributed by atoms with van der Waals surface area (Å²) >= 11 is 6.45. The molecule has 1 aliphatic heterocycles. The lowest BCUT2D eigenvalue weighted by molar-refractivity contribution is -0.0452. The third-order valence-electron chi connectivity index (χ3n) is 10.7. The second-order valence-corrected chi connectivity index (χ2v) is 17.2. The first kappa shape index (κ1) is 35.4. The van der Waals surface area contributed by atoms with Gasteiger partial charge in [0.05, 0.1) is 23.1 Å². The zero-order valence-corrected chi connectivity index (χ0v) is 30.5. The number of amides is 1. The topological polar surface area (TPSA) is 109 Å². The minimum absolute atomic E-state index is 0.00120. The van der Waals surface area contributed by atoms with E-state index in [9.17, 15) is 18.3 Å². The molecule has 1 saturated carbocycles. The van der Waals surface area contributed by atoms with Gasteiger partial charge < -0.3 is 14.7 Å². The zero-order chi connectivity index (χ0) is 35.0. The van der Waals surface area contributed by atoms with E-state index in [0.717, 1.165) is 60.5 Å². The molecule has 2 aliphatic carbocycles. The lowest BCUT2D eigenvalue weighted by atomic mass is 9.62. The van der Waals surface area contributed by atoms with Crippen molar-refractivity contribution in [1.29, 1.82) is 0 Å². The number of carbonyl (C=O) groups excluding carboxylic acids is 1. The van der Waals surface area contributed by atoms with Gasteiger partial charge in [0, 0.05) is 47.4 Å². The molecule has 262 valence electrons. The molecule has 1 fully saturated rings. The third-order valence-corrected chi connectivity index (χ3v) is 12.7. The van der Waals surface area contributed by atoms with Crippen molar-refractivity contribution in [3.05, 3.63) is 99.9 Å². The van der Waals surface area contributed by atoms with Gasteiger partial charge in [-0.1, -0.05) is 36.7 Å². The van der Waals surface area contributed by atoms with Gasteiger partial charge in [-0.3, -0.25) is 9.78 Å². The summed E-state index contributed by atoms with van der Waals surface area (Å²) in [6.45, 7) is 8.95. The Labute approximate surface area is 296 Å². The fourth-order valence-corrected chi connectivity index (χ4v) is 8.72. The number of benzene rings is 2. The number of ether oxygens (including phenoxy) is 1. The molecule has 10 heteroatoms. The van der Waals surface area contributed by atoms with E-state index in [1.165, 1.54) is 25.0 Å². The minimum atomic E-state index is -3.82. The lowest BCUT2D eigenvalue weighted by Crippen LogP contribution is -2.53. The highest BCUT2D eigenvalue weighted by atomic mass is 35.5. The van der Waals surface area contributed by atoms with Crippen molar-refractivity contribution in [3.63, 3.8) is 0 Å². The average molecular weight is 706 g/mol. The fraction of sp³-hybridized carbons (Fsp3) is 0.487. The molecule has 0 unspecified atom stereocenters. The van der Waals surface area contributed by atoms with Gasteiger partial charge >= 0.3 is 0 Å². The maximum Gasteiger partial charge on any atom is 0.264 e. The Morgan fingerprint density at radius 2 is 2.02 bits per heavy atom. The first-order chi connectivity index (χ1) is 23.3. The summed E-state index contributed by atoms with van der Waals surface area (Å²) in [5.41, 5.74) is 4.07. The van der Waals surface area contributed by atoms with Crippen LogP contribution in [0.15, 0.2) is 66.9 Å². The van der Waals surface area contributed by atoms with Crippen molar-refractivity contribution in [2.24, 2.45) is 11.8 Å². The van der Waals surface area contributed by atoms with Crippen LogP contribution in [0.2, 0.25) is 5.02 Å². The Morgan fingerprint density at radius 1 is 1.20 bits per heavy atom. The number of halogens is 1. The van der Waals surface area contributed by atoms with E-state index in [1.807, 2.05) is 31.2 Å². The molecular formula is C39H48ClN3O5S. The number of aromatic nitrogens is 1. The molecule has 1 spiro atoms. The van der Waals surface area contributed by atoms with Crippen LogP contribution in [0.5, 0.6) is 5.75 Å². The zero-order valence-electron chi connectivity index (χ0n) is 28.9. The average Bonchev–Trinajstić information content (AvgIpc) is 3.18. The number of allylic oxidation sites excluding steroid dienone is 1. The van der Waals surface area contributed by atoms with Gasteiger partial charge in [0.25, 0.3) is 5.91 Å². The van der Waals surface area contributed by atoms with Gasteiger partial charge in [-0.15, -0.1) is 0 Å². The van der Waals surface area contributed by atoms with Crippen LogP contribution in [-0.2, 0) is 28.3 Å². The minimum Gasteiger partial charge on any atom is -0.490 e. The molecule has 1 aromatic heterocycles. The summed E-state index contributed by atoms with van der Waals surface area (Å²) in [5, 5.41) is 12.3. The van der Waals surface area contributed by atoms with E-state index in [4.69, 9.17) is 16.3 Å². The van der Waals surface area contributed by atoms with E-state index in [-0.39, 0.29) is 22.8 Å². The van der Waals surface area contributed by atoms with E-state index < -0.39 is 26.8 Å². The molecule has 3 aromatic rings. The van der Waals surface area contributed by atoms with Crippen molar-refractivity contribution >= 4 is 33.2 Å². The monoisotopic (exact) mass is 705 g/mol. The van der Waals surface area contributed by atoms with Gasteiger partial charge in [0.2, 0.25) is 10.0 Å². The van der Waals surface area contributed by atoms with Crippen molar-refractivity contribution in [1.82, 2.24) is 9.71 Å². The van der Waals surface area contributed by atoms with Gasteiger partial charge in [0.1, 0.15) is 5.75 Å². The number of fused-ring (bicyclic) bond motifs is 3. The number of aliphatic hydroxyl groups is 1. The number of hydrogen-bond donors (Lipinski definition) is 2. The number of sulfonamides is 1. The van der Waals surface area contributed by atoms with Crippen LogP contribution in [0.3, 0.4) is 0 Å². The third kappa shape index (κ3) is 7.40. The number of rotatable bonds is 10. The molecular weight excluding hydrogens is 658 g/mol. The maximum absolute atomic E-state index is 13.3. The van der Waals surface area contributed by atoms with Crippen LogP contribution < -0.4 is 14.4 Å². The van der Waals surface area contributed by atoms with E-state index >= 15 is 0 Å². The number of nitrogens with zero attached hydrogens (tertiary/aromatic N) is 2. The van der Waals surface area contributed by atoms with Gasteiger partial charge in [-0.25, -0.2) is 13.1 Å². The molecule has 0 saturated heterocycles. The molecule has 4 atom stereocenters. The Balaban J connectivity index is 1.37. The van der Waals surface area contributed by atoms with Crippen LogP contribution in [0.4, 0.5) is 5.69 Å². The Kier molecular flexibility index (Phi) is 10.2. The Bertz CT molecular complexity index is 1850. The highest BCUT2D eigenvalue weighted by Gasteiger charge is 2.48. The summed E-state index contributed by atoms with van der Waals surface area (Å²) in [4.78, 5) is 20.2. The summed E-state index contributed by atoms with van der Waals surface area (Å²) in [7, 11) is -3.82. The Hall–Kier alpha value is -3.40. The number of pyridine rings is 1. The molecule has 0 bridgehead atoms. The van der Waals surface area contributed by atoms with E-state index in [0.29, 0.717) is 31.9 Å². The molecule has 8 nitrogen and oxygen atoms in total. The number of nitrogens with one attached hydrogen (secondary N) is 1. The van der Waals surface area contributed by atoms with Crippen molar-refractivity contribution in [3.8, 4) is 5.75 Å². The van der Waals surface area contributed by atoms with Crippen molar-refractivity contribution < 1.29 is 23.1 Å². The predicted molar refractivity (Wildman–Crippen MR) is 195 cm³/mol. The predicted octanol–water partition coefficient (Wildman–Crippen LogP) is 6.95. The van der Waals surface area contributed by atoms with Crippen LogP contribution in [0.25, 0.3) is 0 Å². The first-order valence-electron chi connectivity index (χ1n) is 17.5. The maximum atomic E-state index is 13.3. The summed E-state index contributed by atoms with van der Waals surface area (Å²) < 4.78 is 34.0. The highest BCUT2D eigenvalue weighted by molar-refractivity contribution is 7.90. The molecule has 3 aliphatic rings. The van der Waals surface area contributed by atoms with Crippen molar-refractivity contribution in [2.75, 3.05) is 24.6 Å². The van der Waals surface area contributed by atoms with Crippen LogP contribution in [-0.4, -0.2) is 55.0 Å². The summed E-state index contributed by atoms with van der Waals surface area (Å²) in [6, 6.07) is 15.3. The van der Waals surface area contributed by atoms with E-state index in [1.54, 1.807) is 24.4 Å². The van der Waals surface area contributed by atoms with E-state index in [2.05, 4.69) is 39.7 Å². The molecule has 2 aromatic carbocycles. The highest BCUT2D eigenvalue weighted by Crippen LogP contribution is 2.48. The second kappa shape index (κ2) is 14.1. The fourth-order valence-electron chi connectivity index (χ4n) is 7.91.